The lowest BCUT2D eigenvalue weighted by Crippen LogP contribution is -2.23. The van der Waals surface area contributed by atoms with Crippen molar-refractivity contribution in [1.82, 2.24) is 5.32 Å². The van der Waals surface area contributed by atoms with Crippen molar-refractivity contribution in [2.75, 3.05) is 17.2 Å². The minimum absolute atomic E-state index is 0.0163. The summed E-state index contributed by atoms with van der Waals surface area (Å²) in [5.74, 6) is -1.05. The van der Waals surface area contributed by atoms with Crippen LogP contribution in [0.1, 0.15) is 16.8 Å². The van der Waals surface area contributed by atoms with Crippen molar-refractivity contribution in [3.8, 4) is 5.75 Å². The van der Waals surface area contributed by atoms with Gasteiger partial charge in [-0.2, -0.15) is 0 Å². The van der Waals surface area contributed by atoms with Crippen LogP contribution in [0.25, 0.3) is 0 Å². The van der Waals surface area contributed by atoms with E-state index in [-0.39, 0.29) is 51.2 Å². The molecule has 0 saturated carbocycles. The number of carbonyl (C=O) groups is 2. The SMILES string of the molecule is O=C1CC(Nc2c(Br)cc(C(=O)Nc3ccc(OC(F)(F)Cl)cc3)cc2[N+](=O)[O-])CN1. The molecule has 2 aromatic carbocycles. The fourth-order valence-electron chi connectivity index (χ4n) is 2.86. The molecule has 1 aliphatic rings. The smallest absolute Gasteiger partial charge is 0.420 e. The number of nitrogens with one attached hydrogen (secondary N) is 3. The molecule has 1 fully saturated rings. The van der Waals surface area contributed by atoms with Crippen LogP contribution in [0.15, 0.2) is 40.9 Å². The molecule has 3 rings (SSSR count). The van der Waals surface area contributed by atoms with Gasteiger partial charge in [-0.15, -0.1) is 8.78 Å². The molecule has 2 aromatic rings. The highest BCUT2D eigenvalue weighted by Crippen LogP contribution is 2.35. The van der Waals surface area contributed by atoms with Crippen LogP contribution in [-0.2, 0) is 4.79 Å². The second kappa shape index (κ2) is 9.02. The van der Waals surface area contributed by atoms with Crippen molar-refractivity contribution >= 4 is 56.4 Å². The van der Waals surface area contributed by atoms with Crippen LogP contribution >= 0.6 is 27.5 Å². The van der Waals surface area contributed by atoms with E-state index in [1.165, 1.54) is 30.3 Å². The van der Waals surface area contributed by atoms with E-state index in [4.69, 9.17) is 11.6 Å². The first kappa shape index (κ1) is 22.7. The number of nitrogens with zero attached hydrogens (tertiary/aromatic N) is 1. The normalized spacial score (nSPS) is 15.9. The van der Waals surface area contributed by atoms with Gasteiger partial charge in [0.1, 0.15) is 11.4 Å². The van der Waals surface area contributed by atoms with Gasteiger partial charge in [0.25, 0.3) is 11.6 Å². The fourth-order valence-corrected chi connectivity index (χ4v) is 3.52. The maximum Gasteiger partial charge on any atom is 0.487 e. The van der Waals surface area contributed by atoms with Crippen LogP contribution in [-0.4, -0.2) is 34.9 Å². The number of carbonyl (C=O) groups excluding carboxylic acids is 2. The number of ether oxygens (including phenoxy) is 1. The predicted molar refractivity (Wildman–Crippen MR) is 112 cm³/mol. The van der Waals surface area contributed by atoms with Gasteiger partial charge in [0, 0.05) is 46.4 Å². The van der Waals surface area contributed by atoms with Gasteiger partial charge in [-0.05, 0) is 46.3 Å². The molecular formula is C18H14BrClF2N4O5. The Labute approximate surface area is 187 Å². The van der Waals surface area contributed by atoms with Crippen molar-refractivity contribution in [2.24, 2.45) is 0 Å². The summed E-state index contributed by atoms with van der Waals surface area (Å²) >= 11 is 7.92. The van der Waals surface area contributed by atoms with Gasteiger partial charge in [0.05, 0.1) is 11.0 Å². The second-order valence-corrected chi connectivity index (χ2v) is 7.78. The first-order valence-corrected chi connectivity index (χ1v) is 9.87. The lowest BCUT2D eigenvalue weighted by Gasteiger charge is -2.15. The van der Waals surface area contributed by atoms with Gasteiger partial charge in [-0.1, -0.05) is 0 Å². The number of amides is 2. The Balaban J connectivity index is 1.78. The maximum absolute atomic E-state index is 12.6. The molecule has 164 valence electrons. The number of anilines is 2. The summed E-state index contributed by atoms with van der Waals surface area (Å²) in [5, 5.41) is 19.6. The number of halogens is 4. The zero-order valence-electron chi connectivity index (χ0n) is 15.5. The van der Waals surface area contributed by atoms with E-state index < -0.39 is 16.4 Å². The Morgan fingerprint density at radius 1 is 1.32 bits per heavy atom. The molecule has 1 heterocycles. The molecule has 0 spiro atoms. The molecule has 9 nitrogen and oxygen atoms in total. The second-order valence-electron chi connectivity index (χ2n) is 6.49. The van der Waals surface area contributed by atoms with Gasteiger partial charge in [0.15, 0.2) is 0 Å². The van der Waals surface area contributed by atoms with E-state index >= 15 is 0 Å². The lowest BCUT2D eigenvalue weighted by molar-refractivity contribution is -0.384. The largest absolute Gasteiger partial charge is 0.487 e. The number of nitro groups is 1. The van der Waals surface area contributed by atoms with Crippen molar-refractivity contribution < 1.29 is 28.0 Å². The Morgan fingerprint density at radius 3 is 2.55 bits per heavy atom. The zero-order chi connectivity index (χ0) is 22.8. The number of alkyl halides is 3. The van der Waals surface area contributed by atoms with Crippen molar-refractivity contribution in [1.29, 1.82) is 0 Å². The van der Waals surface area contributed by atoms with Gasteiger partial charge >= 0.3 is 5.57 Å². The average Bonchev–Trinajstić information content (AvgIpc) is 3.08. The monoisotopic (exact) mass is 518 g/mol. The summed E-state index contributed by atoms with van der Waals surface area (Å²) in [6, 6.07) is 7.11. The third-order valence-corrected chi connectivity index (χ3v) is 4.90. The molecule has 3 N–H and O–H groups in total. The lowest BCUT2D eigenvalue weighted by atomic mass is 10.1. The van der Waals surface area contributed by atoms with Crippen molar-refractivity contribution in [3.05, 3.63) is 56.5 Å². The highest BCUT2D eigenvalue weighted by Gasteiger charge is 2.28. The van der Waals surface area contributed by atoms with E-state index in [1.54, 1.807) is 0 Å². The number of benzene rings is 2. The third kappa shape index (κ3) is 6.01. The summed E-state index contributed by atoms with van der Waals surface area (Å²) in [4.78, 5) is 34.8. The summed E-state index contributed by atoms with van der Waals surface area (Å²) in [5.41, 5.74) is -3.85. The molecule has 0 aromatic heterocycles. The Kier molecular flexibility index (Phi) is 6.60. The van der Waals surface area contributed by atoms with Crippen LogP contribution in [0.5, 0.6) is 5.75 Å². The number of hydrogen-bond donors (Lipinski definition) is 3. The minimum Gasteiger partial charge on any atom is -0.420 e. The molecule has 0 aliphatic carbocycles. The molecule has 1 aliphatic heterocycles. The molecule has 1 saturated heterocycles. The fraction of sp³-hybridized carbons (Fsp3) is 0.222. The zero-order valence-corrected chi connectivity index (χ0v) is 17.8. The molecule has 0 bridgehead atoms. The first-order valence-electron chi connectivity index (χ1n) is 8.70. The Bertz CT molecular complexity index is 1030. The van der Waals surface area contributed by atoms with Gasteiger partial charge in [0.2, 0.25) is 5.91 Å². The quantitative estimate of drug-likeness (QED) is 0.288. The van der Waals surface area contributed by atoms with Crippen molar-refractivity contribution in [2.45, 2.75) is 18.0 Å². The molecule has 2 amide bonds. The third-order valence-electron chi connectivity index (χ3n) is 4.20. The Hall–Kier alpha value is -2.99. The molecule has 1 unspecified atom stereocenters. The number of rotatable bonds is 7. The highest BCUT2D eigenvalue weighted by molar-refractivity contribution is 9.10. The van der Waals surface area contributed by atoms with Crippen molar-refractivity contribution in [3.63, 3.8) is 0 Å². The molecule has 13 heteroatoms. The standard InChI is InChI=1S/C18H14BrClF2N4O5/c19-13-5-9(6-14(26(29)30)16(13)24-11-7-15(27)23-8-11)17(28)25-10-1-3-12(4-2-10)31-18(20,21)22/h1-6,11,24H,7-8H2,(H,23,27)(H,25,28). The topological polar surface area (TPSA) is 123 Å². The predicted octanol–water partition coefficient (Wildman–Crippen LogP) is 4.08. The van der Waals surface area contributed by atoms with Crippen LogP contribution in [0.4, 0.5) is 25.8 Å². The van der Waals surface area contributed by atoms with E-state index in [0.29, 0.717) is 6.54 Å². The van der Waals surface area contributed by atoms with E-state index in [2.05, 4.69) is 36.6 Å². The number of nitro benzene ring substituents is 1. The van der Waals surface area contributed by atoms with Gasteiger partial charge in [-0.25, -0.2) is 0 Å². The van der Waals surface area contributed by atoms with Crippen LogP contribution in [0.3, 0.4) is 0 Å². The molecule has 31 heavy (non-hydrogen) atoms. The summed E-state index contributed by atoms with van der Waals surface area (Å²) in [6.07, 6.45) is 0.168. The highest BCUT2D eigenvalue weighted by atomic mass is 79.9. The van der Waals surface area contributed by atoms with Crippen LogP contribution in [0, 0.1) is 10.1 Å². The minimum atomic E-state index is -3.87. The summed E-state index contributed by atoms with van der Waals surface area (Å²) in [7, 11) is 0. The first-order chi connectivity index (χ1) is 14.5. The number of hydrogen-bond acceptors (Lipinski definition) is 6. The maximum atomic E-state index is 12.6. The van der Waals surface area contributed by atoms with E-state index in [9.17, 15) is 28.5 Å². The Morgan fingerprint density at radius 2 is 2.00 bits per heavy atom. The average molecular weight is 520 g/mol. The molecular weight excluding hydrogens is 506 g/mol. The summed E-state index contributed by atoms with van der Waals surface area (Å²) < 4.78 is 29.7. The molecule has 0 radical (unpaired) electrons. The van der Waals surface area contributed by atoms with Gasteiger partial charge < -0.3 is 20.7 Å². The van der Waals surface area contributed by atoms with Crippen LogP contribution in [0.2, 0.25) is 0 Å². The van der Waals surface area contributed by atoms with Crippen LogP contribution < -0.4 is 20.7 Å². The van der Waals surface area contributed by atoms with E-state index in [1.807, 2.05) is 0 Å². The van der Waals surface area contributed by atoms with Gasteiger partial charge in [-0.3, -0.25) is 19.7 Å². The summed E-state index contributed by atoms with van der Waals surface area (Å²) in [6.45, 7) is 0.319. The van der Waals surface area contributed by atoms with E-state index in [0.717, 1.165) is 6.07 Å². The molecule has 1 atom stereocenters.